The monoisotopic (exact) mass is 309 g/mol. The maximum atomic E-state index is 12.2. The Morgan fingerprint density at radius 1 is 1.52 bits per heavy atom. The van der Waals surface area contributed by atoms with Crippen LogP contribution in [-0.4, -0.2) is 35.0 Å². The molecule has 1 aromatic carbocycles. The summed E-state index contributed by atoms with van der Waals surface area (Å²) in [5.74, 6) is 1.98. The van der Waals surface area contributed by atoms with Crippen LogP contribution in [0.15, 0.2) is 18.2 Å². The number of ether oxygens (including phenoxy) is 1. The van der Waals surface area contributed by atoms with Gasteiger partial charge < -0.3 is 14.6 Å². The van der Waals surface area contributed by atoms with Gasteiger partial charge in [0, 0.05) is 24.9 Å². The van der Waals surface area contributed by atoms with Crippen molar-refractivity contribution in [1.82, 2.24) is 14.9 Å². The summed E-state index contributed by atoms with van der Waals surface area (Å²) in [5.41, 5.74) is 1.72. The molecule has 2 rings (SSSR count). The minimum Gasteiger partial charge on any atom is -0.497 e. The maximum absolute atomic E-state index is 12.2. The molecule has 1 atom stereocenters. The molecule has 1 heterocycles. The van der Waals surface area contributed by atoms with Crippen molar-refractivity contribution in [1.29, 1.82) is 0 Å². The van der Waals surface area contributed by atoms with Crippen LogP contribution in [0.2, 0.25) is 0 Å². The standard InChI is InChI=1S/C15H20ClN3O2/c1-4-17-15(20)10(2)19-13-9-11(21-3)5-6-12(13)18-14(19)7-8-16/h5-6,9-10H,4,7-8H2,1-3H3,(H,17,20). The highest BCUT2D eigenvalue weighted by Gasteiger charge is 2.21. The highest BCUT2D eigenvalue weighted by atomic mass is 35.5. The summed E-state index contributed by atoms with van der Waals surface area (Å²) in [7, 11) is 1.62. The summed E-state index contributed by atoms with van der Waals surface area (Å²) in [5, 5.41) is 2.84. The van der Waals surface area contributed by atoms with E-state index in [1.54, 1.807) is 7.11 Å². The molecule has 0 saturated heterocycles. The number of likely N-dealkylation sites (N-methyl/N-ethyl adjacent to an activating group) is 1. The lowest BCUT2D eigenvalue weighted by Crippen LogP contribution is -2.31. The Labute approximate surface area is 129 Å². The number of aromatic nitrogens is 2. The molecule has 1 amide bonds. The van der Waals surface area contributed by atoms with E-state index in [9.17, 15) is 4.79 Å². The molecule has 0 aliphatic heterocycles. The fraction of sp³-hybridized carbons (Fsp3) is 0.467. The van der Waals surface area contributed by atoms with Crippen molar-refractivity contribution in [2.45, 2.75) is 26.3 Å². The number of halogens is 1. The Morgan fingerprint density at radius 2 is 2.29 bits per heavy atom. The molecular formula is C15H20ClN3O2. The van der Waals surface area contributed by atoms with Crippen LogP contribution >= 0.6 is 11.6 Å². The molecule has 0 fully saturated rings. The summed E-state index contributed by atoms with van der Waals surface area (Å²) in [4.78, 5) is 16.8. The average molecular weight is 310 g/mol. The molecule has 21 heavy (non-hydrogen) atoms. The second-order valence-electron chi connectivity index (χ2n) is 4.76. The third-order valence-electron chi connectivity index (χ3n) is 3.41. The van der Waals surface area contributed by atoms with E-state index in [0.717, 1.165) is 22.6 Å². The number of rotatable bonds is 6. The Bertz CT molecular complexity index is 639. The van der Waals surface area contributed by atoms with E-state index in [1.807, 2.05) is 36.6 Å². The van der Waals surface area contributed by atoms with Gasteiger partial charge in [-0.3, -0.25) is 4.79 Å². The topological polar surface area (TPSA) is 56.2 Å². The Kier molecular flexibility index (Phi) is 5.07. The zero-order chi connectivity index (χ0) is 15.4. The molecule has 0 aliphatic rings. The Hall–Kier alpha value is -1.75. The van der Waals surface area contributed by atoms with Gasteiger partial charge in [-0.05, 0) is 26.0 Å². The molecule has 5 nitrogen and oxygen atoms in total. The molecule has 1 N–H and O–H groups in total. The minimum absolute atomic E-state index is 0.0320. The molecule has 2 aromatic rings. The number of aryl methyl sites for hydroxylation is 1. The van der Waals surface area contributed by atoms with E-state index in [4.69, 9.17) is 16.3 Å². The number of carbonyl (C=O) groups is 1. The van der Waals surface area contributed by atoms with E-state index < -0.39 is 0 Å². The number of alkyl halides is 1. The van der Waals surface area contributed by atoms with Crippen LogP contribution < -0.4 is 10.1 Å². The fourth-order valence-corrected chi connectivity index (χ4v) is 2.55. The molecule has 0 saturated carbocycles. The minimum atomic E-state index is -0.347. The zero-order valence-corrected chi connectivity index (χ0v) is 13.3. The van der Waals surface area contributed by atoms with Gasteiger partial charge in [-0.25, -0.2) is 4.98 Å². The van der Waals surface area contributed by atoms with Crippen LogP contribution in [0.5, 0.6) is 5.75 Å². The number of benzene rings is 1. The predicted molar refractivity (Wildman–Crippen MR) is 84.1 cm³/mol. The molecular weight excluding hydrogens is 290 g/mol. The van der Waals surface area contributed by atoms with E-state index in [0.29, 0.717) is 18.8 Å². The van der Waals surface area contributed by atoms with Crippen molar-refractivity contribution in [3.05, 3.63) is 24.0 Å². The molecule has 0 bridgehead atoms. The van der Waals surface area contributed by atoms with Gasteiger partial charge in [-0.1, -0.05) is 0 Å². The number of methoxy groups -OCH3 is 1. The lowest BCUT2D eigenvalue weighted by molar-refractivity contribution is -0.123. The van der Waals surface area contributed by atoms with Crippen LogP contribution in [0.4, 0.5) is 0 Å². The van der Waals surface area contributed by atoms with Gasteiger partial charge in [-0.2, -0.15) is 0 Å². The largest absolute Gasteiger partial charge is 0.497 e. The van der Waals surface area contributed by atoms with Crippen LogP contribution in [-0.2, 0) is 11.2 Å². The first kappa shape index (κ1) is 15.6. The first-order valence-electron chi connectivity index (χ1n) is 7.00. The molecule has 0 spiro atoms. The molecule has 6 heteroatoms. The summed E-state index contributed by atoms with van der Waals surface area (Å²) in [6, 6.07) is 5.31. The number of imidazole rings is 1. The van der Waals surface area contributed by atoms with Crippen LogP contribution in [0.1, 0.15) is 25.7 Å². The van der Waals surface area contributed by atoms with Crippen molar-refractivity contribution in [2.75, 3.05) is 19.5 Å². The number of amides is 1. The number of carbonyl (C=O) groups excluding carboxylic acids is 1. The number of fused-ring (bicyclic) bond motifs is 1. The van der Waals surface area contributed by atoms with Crippen molar-refractivity contribution in [3.8, 4) is 5.75 Å². The van der Waals surface area contributed by atoms with E-state index >= 15 is 0 Å². The van der Waals surface area contributed by atoms with Gasteiger partial charge >= 0.3 is 0 Å². The van der Waals surface area contributed by atoms with Crippen molar-refractivity contribution < 1.29 is 9.53 Å². The van der Waals surface area contributed by atoms with Gasteiger partial charge in [0.1, 0.15) is 17.6 Å². The molecule has 0 radical (unpaired) electrons. The zero-order valence-electron chi connectivity index (χ0n) is 12.5. The number of hydrogen-bond acceptors (Lipinski definition) is 3. The smallest absolute Gasteiger partial charge is 0.242 e. The third-order valence-corrected chi connectivity index (χ3v) is 3.59. The van der Waals surface area contributed by atoms with Gasteiger partial charge in [-0.15, -0.1) is 11.6 Å². The Balaban J connectivity index is 2.55. The van der Waals surface area contributed by atoms with Crippen LogP contribution in [0, 0.1) is 0 Å². The highest BCUT2D eigenvalue weighted by Crippen LogP contribution is 2.26. The maximum Gasteiger partial charge on any atom is 0.242 e. The lowest BCUT2D eigenvalue weighted by atomic mass is 10.2. The van der Waals surface area contributed by atoms with Crippen molar-refractivity contribution >= 4 is 28.5 Å². The number of hydrogen-bond donors (Lipinski definition) is 1. The molecule has 1 aromatic heterocycles. The summed E-state index contributed by atoms with van der Waals surface area (Å²) >= 11 is 5.86. The van der Waals surface area contributed by atoms with Gasteiger partial charge in [0.2, 0.25) is 5.91 Å². The second kappa shape index (κ2) is 6.80. The normalized spacial score (nSPS) is 12.4. The Morgan fingerprint density at radius 3 is 2.90 bits per heavy atom. The quantitative estimate of drug-likeness (QED) is 0.834. The summed E-state index contributed by atoms with van der Waals surface area (Å²) in [6.45, 7) is 4.37. The van der Waals surface area contributed by atoms with Gasteiger partial charge in [0.05, 0.1) is 18.1 Å². The van der Waals surface area contributed by atoms with E-state index in [2.05, 4.69) is 10.3 Å². The van der Waals surface area contributed by atoms with Crippen LogP contribution in [0.3, 0.4) is 0 Å². The molecule has 114 valence electrons. The number of nitrogens with one attached hydrogen (secondary N) is 1. The highest BCUT2D eigenvalue weighted by molar-refractivity contribution is 6.17. The first-order chi connectivity index (χ1) is 10.1. The fourth-order valence-electron chi connectivity index (χ4n) is 2.38. The first-order valence-corrected chi connectivity index (χ1v) is 7.54. The second-order valence-corrected chi connectivity index (χ2v) is 5.14. The van der Waals surface area contributed by atoms with E-state index in [-0.39, 0.29) is 11.9 Å². The summed E-state index contributed by atoms with van der Waals surface area (Å²) < 4.78 is 7.20. The van der Waals surface area contributed by atoms with Crippen molar-refractivity contribution in [2.24, 2.45) is 0 Å². The van der Waals surface area contributed by atoms with Crippen LogP contribution in [0.25, 0.3) is 11.0 Å². The predicted octanol–water partition coefficient (Wildman–Crippen LogP) is 2.52. The summed E-state index contributed by atoms with van der Waals surface area (Å²) in [6.07, 6.45) is 0.613. The number of nitrogens with zero attached hydrogens (tertiary/aromatic N) is 2. The lowest BCUT2D eigenvalue weighted by Gasteiger charge is -2.17. The molecule has 0 aliphatic carbocycles. The van der Waals surface area contributed by atoms with E-state index in [1.165, 1.54) is 0 Å². The SMILES string of the molecule is CCNC(=O)C(C)n1c(CCCl)nc2ccc(OC)cc21. The molecule has 1 unspecified atom stereocenters. The average Bonchev–Trinajstić information content (AvgIpc) is 2.84. The van der Waals surface area contributed by atoms with Crippen molar-refractivity contribution in [3.63, 3.8) is 0 Å². The third kappa shape index (κ3) is 3.13. The van der Waals surface area contributed by atoms with Gasteiger partial charge in [0.15, 0.2) is 0 Å². The van der Waals surface area contributed by atoms with Gasteiger partial charge in [0.25, 0.3) is 0 Å².